The fourth-order valence-electron chi connectivity index (χ4n) is 1.68. The summed E-state index contributed by atoms with van der Waals surface area (Å²) >= 11 is 15.0. The van der Waals surface area contributed by atoms with Crippen molar-refractivity contribution in [1.29, 1.82) is 0 Å². The quantitative estimate of drug-likeness (QED) is 0.692. The summed E-state index contributed by atoms with van der Waals surface area (Å²) < 4.78 is 19.2. The van der Waals surface area contributed by atoms with Crippen LogP contribution in [0.15, 0.2) is 34.8 Å². The van der Waals surface area contributed by atoms with Crippen LogP contribution in [0.4, 0.5) is 4.39 Å². The predicted molar refractivity (Wildman–Crippen MR) is 80.5 cm³/mol. The first kappa shape index (κ1) is 15.3. The highest BCUT2D eigenvalue weighted by molar-refractivity contribution is 9.10. The van der Waals surface area contributed by atoms with E-state index < -0.39 is 11.6 Å². The zero-order valence-corrected chi connectivity index (χ0v) is 13.3. The summed E-state index contributed by atoms with van der Waals surface area (Å²) in [4.78, 5) is 12.3. The Morgan fingerprint density at radius 2 is 1.90 bits per heavy atom. The maximum atomic E-state index is 13.9. The van der Waals surface area contributed by atoms with Crippen LogP contribution in [0, 0.1) is 5.82 Å². The van der Waals surface area contributed by atoms with Crippen LogP contribution in [0.25, 0.3) is 0 Å². The Balaban J connectivity index is 2.54. The van der Waals surface area contributed by atoms with Gasteiger partial charge in [-0.25, -0.2) is 4.39 Å². The number of hydrogen-bond acceptors (Lipinski definition) is 2. The molecule has 2 nitrogen and oxygen atoms in total. The molecule has 0 bridgehead atoms. The predicted octanol–water partition coefficient (Wildman–Crippen LogP) is 5.13. The molecular formula is C14H8BrCl2FO2. The molecule has 0 radical (unpaired) electrons. The third kappa shape index (κ3) is 2.82. The molecule has 20 heavy (non-hydrogen) atoms. The van der Waals surface area contributed by atoms with E-state index in [1.54, 1.807) is 6.07 Å². The van der Waals surface area contributed by atoms with Gasteiger partial charge in [-0.3, -0.25) is 4.79 Å². The SMILES string of the molecule is COc1cc(Cl)c(C(=O)c2cccc(Br)c2F)cc1Cl. The van der Waals surface area contributed by atoms with Gasteiger partial charge in [-0.05, 0) is 34.1 Å². The van der Waals surface area contributed by atoms with Crippen molar-refractivity contribution >= 4 is 44.9 Å². The number of carbonyl (C=O) groups is 1. The van der Waals surface area contributed by atoms with Crippen LogP contribution in [0.1, 0.15) is 15.9 Å². The number of rotatable bonds is 3. The summed E-state index contributed by atoms with van der Waals surface area (Å²) in [5.74, 6) is -0.832. The highest BCUT2D eigenvalue weighted by Crippen LogP contribution is 2.33. The number of ether oxygens (including phenoxy) is 1. The van der Waals surface area contributed by atoms with Crippen molar-refractivity contribution in [2.75, 3.05) is 7.11 Å². The average Bonchev–Trinajstić information content (AvgIpc) is 2.43. The van der Waals surface area contributed by atoms with Gasteiger partial charge in [0.05, 0.1) is 27.2 Å². The van der Waals surface area contributed by atoms with Crippen LogP contribution in [-0.4, -0.2) is 12.9 Å². The summed E-state index contributed by atoms with van der Waals surface area (Å²) in [6.07, 6.45) is 0. The van der Waals surface area contributed by atoms with Crippen LogP contribution in [0.3, 0.4) is 0 Å². The first-order chi connectivity index (χ1) is 9.45. The van der Waals surface area contributed by atoms with Crippen molar-refractivity contribution < 1.29 is 13.9 Å². The lowest BCUT2D eigenvalue weighted by Crippen LogP contribution is -2.06. The second kappa shape index (κ2) is 6.12. The van der Waals surface area contributed by atoms with Crippen LogP contribution in [0.2, 0.25) is 10.0 Å². The smallest absolute Gasteiger partial charge is 0.197 e. The molecule has 0 saturated carbocycles. The first-order valence-electron chi connectivity index (χ1n) is 5.47. The van der Waals surface area contributed by atoms with Crippen LogP contribution < -0.4 is 4.74 Å². The number of carbonyl (C=O) groups excluding carboxylic acids is 1. The molecule has 6 heteroatoms. The second-order valence-electron chi connectivity index (χ2n) is 3.90. The van der Waals surface area contributed by atoms with E-state index in [2.05, 4.69) is 15.9 Å². The summed E-state index contributed by atoms with van der Waals surface area (Å²) in [5, 5.41) is 0.381. The van der Waals surface area contributed by atoms with Crippen molar-refractivity contribution in [2.45, 2.75) is 0 Å². The minimum absolute atomic E-state index is 0.0810. The Hall–Kier alpha value is -1.10. The van der Waals surface area contributed by atoms with Gasteiger partial charge in [0, 0.05) is 11.6 Å². The van der Waals surface area contributed by atoms with Gasteiger partial charge in [-0.1, -0.05) is 29.3 Å². The topological polar surface area (TPSA) is 26.3 Å². The molecule has 2 aromatic rings. The Morgan fingerprint density at radius 1 is 1.20 bits per heavy atom. The van der Waals surface area contributed by atoms with Gasteiger partial charge in [0.2, 0.25) is 0 Å². The Bertz CT molecular complexity index is 689. The number of ketones is 1. The maximum absolute atomic E-state index is 13.9. The molecule has 2 aromatic carbocycles. The van der Waals surface area contributed by atoms with E-state index in [9.17, 15) is 9.18 Å². The zero-order valence-electron chi connectivity index (χ0n) is 10.2. The lowest BCUT2D eigenvalue weighted by atomic mass is 10.0. The average molecular weight is 378 g/mol. The van der Waals surface area contributed by atoms with Gasteiger partial charge in [0.15, 0.2) is 5.78 Å². The lowest BCUT2D eigenvalue weighted by molar-refractivity contribution is 0.103. The second-order valence-corrected chi connectivity index (χ2v) is 5.57. The third-order valence-corrected chi connectivity index (χ3v) is 3.90. The molecule has 0 amide bonds. The Morgan fingerprint density at radius 3 is 2.55 bits per heavy atom. The standard InChI is InChI=1S/C14H8BrCl2FO2/c1-20-12-6-10(16)8(5-11(12)17)14(19)7-3-2-4-9(15)13(7)18/h2-6H,1H3. The fraction of sp³-hybridized carbons (Fsp3) is 0.0714. The first-order valence-corrected chi connectivity index (χ1v) is 7.02. The van der Waals surface area contributed by atoms with E-state index in [0.717, 1.165) is 0 Å². The number of benzene rings is 2. The number of halogens is 4. The largest absolute Gasteiger partial charge is 0.495 e. The highest BCUT2D eigenvalue weighted by atomic mass is 79.9. The third-order valence-electron chi connectivity index (χ3n) is 2.68. The fourth-order valence-corrected chi connectivity index (χ4v) is 2.53. The van der Waals surface area contributed by atoms with Gasteiger partial charge in [-0.15, -0.1) is 0 Å². The lowest BCUT2D eigenvalue weighted by Gasteiger charge is -2.09. The number of methoxy groups -OCH3 is 1. The van der Waals surface area contributed by atoms with Crippen molar-refractivity contribution in [2.24, 2.45) is 0 Å². The molecule has 0 unspecified atom stereocenters. The molecule has 0 aliphatic rings. The molecule has 0 N–H and O–H groups in total. The van der Waals surface area contributed by atoms with Crippen molar-refractivity contribution in [3.63, 3.8) is 0 Å². The molecule has 0 fully saturated rings. The minimum Gasteiger partial charge on any atom is -0.495 e. The molecule has 0 saturated heterocycles. The Kier molecular flexibility index (Phi) is 4.68. The molecular weight excluding hydrogens is 370 g/mol. The van der Waals surface area contributed by atoms with E-state index in [-0.39, 0.29) is 25.6 Å². The molecule has 0 aliphatic heterocycles. The zero-order chi connectivity index (χ0) is 14.9. The monoisotopic (exact) mass is 376 g/mol. The van der Waals surface area contributed by atoms with Crippen molar-refractivity contribution in [3.05, 3.63) is 61.8 Å². The van der Waals surface area contributed by atoms with Crippen molar-refractivity contribution in [3.8, 4) is 5.75 Å². The van der Waals surface area contributed by atoms with Gasteiger partial charge >= 0.3 is 0 Å². The molecule has 0 aliphatic carbocycles. The molecule has 0 aromatic heterocycles. The molecule has 0 atom stereocenters. The molecule has 104 valence electrons. The molecule has 0 heterocycles. The van der Waals surface area contributed by atoms with Gasteiger partial charge in [0.25, 0.3) is 0 Å². The van der Waals surface area contributed by atoms with Crippen molar-refractivity contribution in [1.82, 2.24) is 0 Å². The van der Waals surface area contributed by atoms with Gasteiger partial charge in [-0.2, -0.15) is 0 Å². The summed E-state index contributed by atoms with van der Waals surface area (Å²) in [5.41, 5.74) is 0.0389. The highest BCUT2D eigenvalue weighted by Gasteiger charge is 2.20. The van der Waals surface area contributed by atoms with E-state index in [4.69, 9.17) is 27.9 Å². The maximum Gasteiger partial charge on any atom is 0.197 e. The molecule has 0 spiro atoms. The van der Waals surface area contributed by atoms with E-state index in [1.807, 2.05) is 0 Å². The van der Waals surface area contributed by atoms with Gasteiger partial charge < -0.3 is 4.74 Å². The summed E-state index contributed by atoms with van der Waals surface area (Å²) in [7, 11) is 1.44. The van der Waals surface area contributed by atoms with Crippen LogP contribution >= 0.6 is 39.1 Å². The van der Waals surface area contributed by atoms with E-state index >= 15 is 0 Å². The van der Waals surface area contributed by atoms with Crippen LogP contribution in [-0.2, 0) is 0 Å². The minimum atomic E-state index is -0.638. The summed E-state index contributed by atoms with van der Waals surface area (Å²) in [6.45, 7) is 0. The van der Waals surface area contributed by atoms with E-state index in [0.29, 0.717) is 5.75 Å². The van der Waals surface area contributed by atoms with Gasteiger partial charge in [0.1, 0.15) is 11.6 Å². The number of hydrogen-bond donors (Lipinski definition) is 0. The molecule has 2 rings (SSSR count). The summed E-state index contributed by atoms with van der Waals surface area (Å²) in [6, 6.07) is 7.25. The van der Waals surface area contributed by atoms with E-state index in [1.165, 1.54) is 31.4 Å². The normalized spacial score (nSPS) is 10.4. The van der Waals surface area contributed by atoms with Crippen LogP contribution in [0.5, 0.6) is 5.75 Å². The Labute approximate surface area is 133 Å².